The number of ether oxygens (including phenoxy) is 2. The lowest BCUT2D eigenvalue weighted by atomic mass is 9.97. The van der Waals surface area contributed by atoms with E-state index in [1.165, 1.54) is 0 Å². The van der Waals surface area contributed by atoms with Crippen molar-refractivity contribution in [2.24, 2.45) is 0 Å². The largest absolute Gasteiger partial charge is 0.459 e. The molecule has 0 saturated carbocycles. The number of anilines is 1. The van der Waals surface area contributed by atoms with Gasteiger partial charge in [0.2, 0.25) is 0 Å². The number of para-hydroxylation sites is 1. The van der Waals surface area contributed by atoms with Crippen molar-refractivity contribution in [3.8, 4) is 0 Å². The standard InChI is InChI=1S/C16H23NO3/c1-15(2)10-13(16(3,4)20-15)19-14(18)9-11-7-5-6-8-12(11)17/h5-8,13H,9-10,17H2,1-4H3. The van der Waals surface area contributed by atoms with Gasteiger partial charge in [-0.3, -0.25) is 4.79 Å². The Morgan fingerprint density at radius 1 is 1.35 bits per heavy atom. The highest BCUT2D eigenvalue weighted by atomic mass is 16.6. The predicted molar refractivity (Wildman–Crippen MR) is 78.3 cm³/mol. The van der Waals surface area contributed by atoms with Gasteiger partial charge in [-0.2, -0.15) is 0 Å². The van der Waals surface area contributed by atoms with Crippen LogP contribution in [0.5, 0.6) is 0 Å². The van der Waals surface area contributed by atoms with Crippen molar-refractivity contribution in [2.75, 3.05) is 5.73 Å². The van der Waals surface area contributed by atoms with Crippen LogP contribution in [0, 0.1) is 0 Å². The lowest BCUT2D eigenvalue weighted by molar-refractivity contribution is -0.157. The minimum absolute atomic E-state index is 0.194. The van der Waals surface area contributed by atoms with Crippen LogP contribution in [0.2, 0.25) is 0 Å². The number of hydrogen-bond donors (Lipinski definition) is 1. The summed E-state index contributed by atoms with van der Waals surface area (Å²) in [5, 5.41) is 0. The average Bonchev–Trinajstić information content (AvgIpc) is 2.50. The topological polar surface area (TPSA) is 61.5 Å². The van der Waals surface area contributed by atoms with Gasteiger partial charge in [-0.25, -0.2) is 0 Å². The highest BCUT2D eigenvalue weighted by Crippen LogP contribution is 2.39. The van der Waals surface area contributed by atoms with Crippen LogP contribution < -0.4 is 5.73 Å². The smallest absolute Gasteiger partial charge is 0.310 e. The molecule has 2 rings (SSSR count). The van der Waals surface area contributed by atoms with Crippen molar-refractivity contribution in [3.05, 3.63) is 29.8 Å². The first-order chi connectivity index (χ1) is 9.20. The number of nitrogens with two attached hydrogens (primary N) is 1. The van der Waals surface area contributed by atoms with E-state index in [0.717, 1.165) is 5.56 Å². The molecule has 1 aliphatic rings. The summed E-state index contributed by atoms with van der Waals surface area (Å²) in [6.45, 7) is 7.93. The Morgan fingerprint density at radius 2 is 2.00 bits per heavy atom. The van der Waals surface area contributed by atoms with Crippen molar-refractivity contribution in [3.63, 3.8) is 0 Å². The summed E-state index contributed by atoms with van der Waals surface area (Å²) >= 11 is 0. The van der Waals surface area contributed by atoms with Crippen LogP contribution in [0.25, 0.3) is 0 Å². The number of esters is 1. The van der Waals surface area contributed by atoms with Crippen LogP contribution in [-0.2, 0) is 20.7 Å². The van der Waals surface area contributed by atoms with Crippen LogP contribution in [0.1, 0.15) is 39.7 Å². The molecule has 1 unspecified atom stereocenters. The van der Waals surface area contributed by atoms with E-state index in [1.54, 1.807) is 6.07 Å². The quantitative estimate of drug-likeness (QED) is 0.681. The molecular formula is C16H23NO3. The summed E-state index contributed by atoms with van der Waals surface area (Å²) in [4.78, 5) is 12.1. The molecule has 20 heavy (non-hydrogen) atoms. The molecule has 1 fully saturated rings. The van der Waals surface area contributed by atoms with E-state index in [4.69, 9.17) is 15.2 Å². The molecule has 1 aromatic carbocycles. The Morgan fingerprint density at radius 3 is 2.55 bits per heavy atom. The van der Waals surface area contributed by atoms with E-state index in [1.807, 2.05) is 45.9 Å². The molecule has 4 heteroatoms. The number of hydrogen-bond acceptors (Lipinski definition) is 4. The van der Waals surface area contributed by atoms with Crippen molar-refractivity contribution < 1.29 is 14.3 Å². The number of rotatable bonds is 3. The number of nitrogen functional groups attached to an aromatic ring is 1. The van der Waals surface area contributed by atoms with Crippen molar-refractivity contribution in [1.82, 2.24) is 0 Å². The van der Waals surface area contributed by atoms with Gasteiger partial charge in [0.05, 0.1) is 12.0 Å². The Kier molecular flexibility index (Phi) is 3.78. The highest BCUT2D eigenvalue weighted by molar-refractivity contribution is 5.75. The van der Waals surface area contributed by atoms with Gasteiger partial charge in [-0.1, -0.05) is 18.2 Å². The van der Waals surface area contributed by atoms with Crippen LogP contribution in [-0.4, -0.2) is 23.3 Å². The first-order valence-corrected chi connectivity index (χ1v) is 6.93. The Balaban J connectivity index is 2.01. The van der Waals surface area contributed by atoms with Crippen molar-refractivity contribution >= 4 is 11.7 Å². The molecule has 1 heterocycles. The van der Waals surface area contributed by atoms with Gasteiger partial charge < -0.3 is 15.2 Å². The molecule has 1 aliphatic heterocycles. The fourth-order valence-corrected chi connectivity index (χ4v) is 2.75. The normalized spacial score (nSPS) is 23.5. The second-order valence-corrected chi connectivity index (χ2v) is 6.52. The molecule has 0 spiro atoms. The number of carbonyl (C=O) groups is 1. The summed E-state index contributed by atoms with van der Waals surface area (Å²) in [5.74, 6) is -0.262. The predicted octanol–water partition coefficient (Wildman–Crippen LogP) is 2.70. The Labute approximate surface area is 120 Å². The van der Waals surface area contributed by atoms with E-state index < -0.39 is 5.60 Å². The molecule has 0 radical (unpaired) electrons. The lowest BCUT2D eigenvalue weighted by Gasteiger charge is -2.26. The molecule has 0 amide bonds. The Bertz CT molecular complexity index is 508. The zero-order valence-electron chi connectivity index (χ0n) is 12.6. The van der Waals surface area contributed by atoms with E-state index in [-0.39, 0.29) is 24.1 Å². The van der Waals surface area contributed by atoms with Gasteiger partial charge in [-0.05, 0) is 39.3 Å². The van der Waals surface area contributed by atoms with E-state index in [0.29, 0.717) is 12.1 Å². The summed E-state index contributed by atoms with van der Waals surface area (Å²) in [6.07, 6.45) is 0.672. The lowest BCUT2D eigenvalue weighted by Crippen LogP contribution is -2.36. The van der Waals surface area contributed by atoms with Gasteiger partial charge in [0, 0.05) is 12.1 Å². The molecule has 1 saturated heterocycles. The fraction of sp³-hybridized carbons (Fsp3) is 0.562. The van der Waals surface area contributed by atoms with Gasteiger partial charge >= 0.3 is 5.97 Å². The zero-order valence-corrected chi connectivity index (χ0v) is 12.6. The molecule has 4 nitrogen and oxygen atoms in total. The minimum Gasteiger partial charge on any atom is -0.459 e. The summed E-state index contributed by atoms with van der Waals surface area (Å²) in [6, 6.07) is 7.34. The molecule has 1 aromatic rings. The van der Waals surface area contributed by atoms with Crippen LogP contribution in [0.3, 0.4) is 0 Å². The van der Waals surface area contributed by atoms with E-state index >= 15 is 0 Å². The molecule has 0 aromatic heterocycles. The monoisotopic (exact) mass is 277 g/mol. The van der Waals surface area contributed by atoms with Crippen LogP contribution >= 0.6 is 0 Å². The molecule has 2 N–H and O–H groups in total. The third kappa shape index (κ3) is 3.31. The highest BCUT2D eigenvalue weighted by Gasteiger charge is 2.48. The third-order valence-corrected chi connectivity index (χ3v) is 3.66. The maximum atomic E-state index is 12.1. The summed E-state index contributed by atoms with van der Waals surface area (Å²) < 4.78 is 11.5. The van der Waals surface area contributed by atoms with Crippen LogP contribution in [0.4, 0.5) is 5.69 Å². The van der Waals surface area contributed by atoms with Crippen molar-refractivity contribution in [2.45, 2.75) is 57.8 Å². The maximum Gasteiger partial charge on any atom is 0.310 e. The average molecular weight is 277 g/mol. The van der Waals surface area contributed by atoms with Crippen molar-refractivity contribution in [1.29, 1.82) is 0 Å². The number of carbonyl (C=O) groups excluding carboxylic acids is 1. The van der Waals surface area contributed by atoms with E-state index in [2.05, 4.69) is 0 Å². The zero-order chi connectivity index (χ0) is 15.0. The molecule has 0 aliphatic carbocycles. The summed E-state index contributed by atoms with van der Waals surface area (Å²) in [7, 11) is 0. The van der Waals surface area contributed by atoms with Gasteiger partial charge in [0.15, 0.2) is 0 Å². The fourth-order valence-electron chi connectivity index (χ4n) is 2.75. The molecule has 1 atom stereocenters. The first kappa shape index (κ1) is 14.9. The maximum absolute atomic E-state index is 12.1. The molecule has 110 valence electrons. The van der Waals surface area contributed by atoms with Gasteiger partial charge in [0.1, 0.15) is 11.7 Å². The van der Waals surface area contributed by atoms with E-state index in [9.17, 15) is 4.79 Å². The number of benzene rings is 1. The van der Waals surface area contributed by atoms with Crippen LogP contribution in [0.15, 0.2) is 24.3 Å². The molecule has 0 bridgehead atoms. The second-order valence-electron chi connectivity index (χ2n) is 6.52. The summed E-state index contributed by atoms with van der Waals surface area (Å²) in [5.41, 5.74) is 6.54. The second kappa shape index (κ2) is 5.09. The third-order valence-electron chi connectivity index (χ3n) is 3.66. The Hall–Kier alpha value is -1.55. The molecular weight excluding hydrogens is 254 g/mol. The SMILES string of the molecule is CC1(C)CC(OC(=O)Cc2ccccc2N)C(C)(C)O1. The van der Waals surface area contributed by atoms with Gasteiger partial charge in [0.25, 0.3) is 0 Å². The minimum atomic E-state index is -0.457. The first-order valence-electron chi connectivity index (χ1n) is 6.93. The van der Waals surface area contributed by atoms with Gasteiger partial charge in [-0.15, -0.1) is 0 Å².